The lowest BCUT2D eigenvalue weighted by molar-refractivity contribution is -0.123. The van der Waals surface area contributed by atoms with Gasteiger partial charge in [-0.15, -0.1) is 0 Å². The number of halogens is 2. The average Bonchev–Trinajstić information content (AvgIpc) is 2.60. The van der Waals surface area contributed by atoms with Gasteiger partial charge in [-0.3, -0.25) is 20.4 Å². The van der Waals surface area contributed by atoms with Gasteiger partial charge in [0.05, 0.1) is 10.0 Å². The molecular weight excluding hydrogens is 351 g/mol. The van der Waals surface area contributed by atoms with E-state index in [1.165, 1.54) is 18.2 Å². The van der Waals surface area contributed by atoms with Crippen molar-refractivity contribution in [2.75, 3.05) is 6.61 Å². The Labute approximate surface area is 149 Å². The van der Waals surface area contributed by atoms with Crippen molar-refractivity contribution in [3.8, 4) is 5.75 Å². The van der Waals surface area contributed by atoms with Crippen LogP contribution in [0.15, 0.2) is 42.5 Å². The van der Waals surface area contributed by atoms with Crippen LogP contribution in [0, 0.1) is 0 Å². The van der Waals surface area contributed by atoms with Crippen LogP contribution in [-0.2, 0) is 11.2 Å². The molecule has 2 aromatic rings. The number of hydrazine groups is 1. The molecule has 0 aliphatic heterocycles. The van der Waals surface area contributed by atoms with E-state index in [2.05, 4.69) is 10.9 Å². The lowest BCUT2D eigenvalue weighted by Gasteiger charge is -2.11. The van der Waals surface area contributed by atoms with E-state index < -0.39 is 11.8 Å². The summed E-state index contributed by atoms with van der Waals surface area (Å²) in [5.74, 6) is -0.337. The molecule has 2 N–H and O–H groups in total. The van der Waals surface area contributed by atoms with E-state index in [4.69, 9.17) is 27.9 Å². The van der Waals surface area contributed by atoms with Gasteiger partial charge in [-0.05, 0) is 36.2 Å². The van der Waals surface area contributed by atoms with Gasteiger partial charge in [-0.25, -0.2) is 0 Å². The Morgan fingerprint density at radius 1 is 1.04 bits per heavy atom. The summed E-state index contributed by atoms with van der Waals surface area (Å²) in [5.41, 5.74) is 5.86. The van der Waals surface area contributed by atoms with Gasteiger partial charge in [0.2, 0.25) is 0 Å². The van der Waals surface area contributed by atoms with Crippen LogP contribution in [0.3, 0.4) is 0 Å². The summed E-state index contributed by atoms with van der Waals surface area (Å²) in [4.78, 5) is 23.7. The van der Waals surface area contributed by atoms with Crippen molar-refractivity contribution in [2.45, 2.75) is 13.3 Å². The number of aryl methyl sites for hydroxylation is 1. The summed E-state index contributed by atoms with van der Waals surface area (Å²) in [6.07, 6.45) is 0.797. The van der Waals surface area contributed by atoms with Gasteiger partial charge in [0.15, 0.2) is 6.61 Å². The van der Waals surface area contributed by atoms with Gasteiger partial charge in [-0.2, -0.15) is 0 Å². The first kappa shape index (κ1) is 18.1. The summed E-state index contributed by atoms with van der Waals surface area (Å²) in [6.45, 7) is 1.79. The summed E-state index contributed by atoms with van der Waals surface area (Å²) in [7, 11) is 0. The molecule has 2 aromatic carbocycles. The molecule has 24 heavy (non-hydrogen) atoms. The van der Waals surface area contributed by atoms with Crippen LogP contribution in [0.4, 0.5) is 0 Å². The number of para-hydroxylation sites is 1. The molecule has 0 aliphatic rings. The highest BCUT2D eigenvalue weighted by Crippen LogP contribution is 2.22. The van der Waals surface area contributed by atoms with Crippen LogP contribution in [-0.4, -0.2) is 18.4 Å². The monoisotopic (exact) mass is 366 g/mol. The van der Waals surface area contributed by atoms with Crippen molar-refractivity contribution in [2.24, 2.45) is 0 Å². The van der Waals surface area contributed by atoms with Crippen LogP contribution >= 0.6 is 23.2 Å². The molecule has 2 rings (SSSR count). The molecule has 0 spiro atoms. The number of carbonyl (C=O) groups is 2. The Kier molecular flexibility index (Phi) is 6.46. The fourth-order valence-electron chi connectivity index (χ4n) is 1.95. The Balaban J connectivity index is 1.84. The molecule has 126 valence electrons. The van der Waals surface area contributed by atoms with E-state index in [9.17, 15) is 9.59 Å². The Morgan fingerprint density at radius 3 is 2.50 bits per heavy atom. The van der Waals surface area contributed by atoms with E-state index >= 15 is 0 Å². The third-order valence-electron chi connectivity index (χ3n) is 3.21. The molecule has 0 saturated carbocycles. The summed E-state index contributed by atoms with van der Waals surface area (Å²) in [5, 5.41) is 0.607. The highest BCUT2D eigenvalue weighted by molar-refractivity contribution is 6.42. The molecule has 0 unspecified atom stereocenters. The van der Waals surface area contributed by atoms with Crippen LogP contribution in [0.25, 0.3) is 0 Å². The fraction of sp³-hybridized carbons (Fsp3) is 0.176. The third kappa shape index (κ3) is 4.88. The normalized spacial score (nSPS) is 10.1. The molecule has 0 atom stereocenters. The highest BCUT2D eigenvalue weighted by Gasteiger charge is 2.10. The number of amides is 2. The molecule has 0 fully saturated rings. The van der Waals surface area contributed by atoms with Gasteiger partial charge in [-0.1, -0.05) is 48.3 Å². The van der Waals surface area contributed by atoms with Gasteiger partial charge in [0.1, 0.15) is 5.75 Å². The molecule has 0 saturated heterocycles. The van der Waals surface area contributed by atoms with Crippen molar-refractivity contribution < 1.29 is 14.3 Å². The number of benzene rings is 2. The van der Waals surface area contributed by atoms with Crippen LogP contribution in [0.2, 0.25) is 10.0 Å². The van der Waals surface area contributed by atoms with E-state index in [0.717, 1.165) is 12.0 Å². The van der Waals surface area contributed by atoms with Gasteiger partial charge in [0, 0.05) is 5.56 Å². The fourth-order valence-corrected chi connectivity index (χ4v) is 2.25. The second-order valence-corrected chi connectivity index (χ2v) is 5.70. The molecule has 0 aliphatic carbocycles. The lowest BCUT2D eigenvalue weighted by Crippen LogP contribution is -2.43. The molecular formula is C17H16Cl2N2O3. The zero-order valence-corrected chi connectivity index (χ0v) is 14.4. The van der Waals surface area contributed by atoms with Crippen molar-refractivity contribution in [3.05, 3.63) is 63.6 Å². The number of carbonyl (C=O) groups excluding carboxylic acids is 2. The minimum atomic E-state index is -0.504. The zero-order valence-electron chi connectivity index (χ0n) is 12.9. The summed E-state index contributed by atoms with van der Waals surface area (Å²) in [6, 6.07) is 11.9. The SMILES string of the molecule is CCc1ccccc1OCC(=O)NNC(=O)c1ccc(Cl)c(Cl)c1. The Bertz CT molecular complexity index is 750. The third-order valence-corrected chi connectivity index (χ3v) is 3.95. The minimum absolute atomic E-state index is 0.210. The zero-order chi connectivity index (χ0) is 17.5. The second-order valence-electron chi connectivity index (χ2n) is 4.88. The van der Waals surface area contributed by atoms with Crippen molar-refractivity contribution in [1.29, 1.82) is 0 Å². The number of rotatable bonds is 5. The first-order valence-corrected chi connectivity index (χ1v) is 8.01. The van der Waals surface area contributed by atoms with Gasteiger partial charge in [0.25, 0.3) is 11.8 Å². The molecule has 2 amide bonds. The number of ether oxygens (including phenoxy) is 1. The molecule has 7 heteroatoms. The highest BCUT2D eigenvalue weighted by atomic mass is 35.5. The quantitative estimate of drug-likeness (QED) is 0.796. The molecule has 0 radical (unpaired) electrons. The lowest BCUT2D eigenvalue weighted by atomic mass is 10.1. The van der Waals surface area contributed by atoms with Gasteiger partial charge >= 0.3 is 0 Å². The second kappa shape index (κ2) is 8.57. The maximum atomic E-state index is 11.9. The summed E-state index contributed by atoms with van der Waals surface area (Å²) >= 11 is 11.6. The topological polar surface area (TPSA) is 67.4 Å². The average molecular weight is 367 g/mol. The van der Waals surface area contributed by atoms with Crippen LogP contribution in [0.5, 0.6) is 5.75 Å². The largest absolute Gasteiger partial charge is 0.483 e. The van der Waals surface area contributed by atoms with Crippen LogP contribution < -0.4 is 15.6 Å². The number of nitrogens with one attached hydrogen (secondary N) is 2. The van der Waals surface area contributed by atoms with E-state index in [1.54, 1.807) is 6.07 Å². The van der Waals surface area contributed by atoms with Crippen molar-refractivity contribution >= 4 is 35.0 Å². The number of hydrogen-bond acceptors (Lipinski definition) is 3. The first-order valence-electron chi connectivity index (χ1n) is 7.26. The maximum absolute atomic E-state index is 11.9. The van der Waals surface area contributed by atoms with Gasteiger partial charge < -0.3 is 4.74 Å². The molecule has 5 nitrogen and oxygen atoms in total. The summed E-state index contributed by atoms with van der Waals surface area (Å²) < 4.78 is 5.46. The minimum Gasteiger partial charge on any atom is -0.483 e. The molecule has 0 aromatic heterocycles. The Morgan fingerprint density at radius 2 is 1.79 bits per heavy atom. The van der Waals surface area contributed by atoms with E-state index in [1.807, 2.05) is 25.1 Å². The standard InChI is InChI=1S/C17H16Cl2N2O3/c1-2-11-5-3-4-6-15(11)24-10-16(22)20-21-17(23)12-7-8-13(18)14(19)9-12/h3-9H,2,10H2,1H3,(H,20,22)(H,21,23). The smallest absolute Gasteiger partial charge is 0.276 e. The predicted molar refractivity (Wildman–Crippen MR) is 93.4 cm³/mol. The van der Waals surface area contributed by atoms with Crippen LogP contribution in [0.1, 0.15) is 22.8 Å². The Hall–Kier alpha value is -2.24. The maximum Gasteiger partial charge on any atom is 0.276 e. The van der Waals surface area contributed by atoms with Crippen molar-refractivity contribution in [1.82, 2.24) is 10.9 Å². The molecule has 0 bridgehead atoms. The first-order chi connectivity index (χ1) is 11.5. The predicted octanol–water partition coefficient (Wildman–Crippen LogP) is 3.40. The van der Waals surface area contributed by atoms with Crippen molar-refractivity contribution in [3.63, 3.8) is 0 Å². The number of hydrogen-bond donors (Lipinski definition) is 2. The molecule has 0 heterocycles. The van der Waals surface area contributed by atoms with E-state index in [0.29, 0.717) is 10.8 Å². The van der Waals surface area contributed by atoms with E-state index in [-0.39, 0.29) is 17.2 Å².